The summed E-state index contributed by atoms with van der Waals surface area (Å²) in [5.74, 6) is 1.17. The maximum Gasteiger partial charge on any atom is 0.767 e. The molecule has 0 heterocycles. The quantitative estimate of drug-likeness (QED) is 0.588. The van der Waals surface area contributed by atoms with Gasteiger partial charge in [-0.25, -0.2) is 0 Å². The van der Waals surface area contributed by atoms with Crippen LogP contribution in [0.25, 0.3) is 0 Å². The van der Waals surface area contributed by atoms with Crippen molar-refractivity contribution < 1.29 is 13.3 Å². The van der Waals surface area contributed by atoms with Gasteiger partial charge in [-0.15, -0.1) is 0 Å². The second-order valence-corrected chi connectivity index (χ2v) is 6.39. The first kappa shape index (κ1) is 19.9. The first-order chi connectivity index (χ1) is 8.43. The van der Waals surface area contributed by atoms with E-state index in [2.05, 4.69) is 41.5 Å². The Bertz CT molecular complexity index is 164. The van der Waals surface area contributed by atoms with Gasteiger partial charge in [0.15, 0.2) is 0 Å². The van der Waals surface area contributed by atoms with Gasteiger partial charge in [-0.2, -0.15) is 0 Å². The molecule has 0 rings (SSSR count). The van der Waals surface area contributed by atoms with Crippen LogP contribution in [-0.2, 0) is 13.3 Å². The van der Waals surface area contributed by atoms with E-state index in [9.17, 15) is 4.46 Å². The van der Waals surface area contributed by atoms with Gasteiger partial charge in [0.1, 0.15) is 0 Å². The van der Waals surface area contributed by atoms with Crippen molar-refractivity contribution in [2.45, 2.75) is 67.2 Å². The van der Waals surface area contributed by atoms with Crippen molar-refractivity contribution in [3.63, 3.8) is 0 Å². The van der Waals surface area contributed by atoms with Crippen LogP contribution in [0.2, 0.25) is 0 Å². The predicted octanol–water partition coefficient (Wildman–Crippen LogP) is 4.33. The Hall–Kier alpha value is -0.383. The molecule has 0 N–H and O–H groups in total. The van der Waals surface area contributed by atoms with Crippen LogP contribution in [0.15, 0.2) is 0 Å². The van der Waals surface area contributed by atoms with Gasteiger partial charge in [-0.1, -0.05) is 54.4 Å². The lowest BCUT2D eigenvalue weighted by Crippen LogP contribution is -2.15. The molecule has 0 aliphatic carbocycles. The zero-order valence-electron chi connectivity index (χ0n) is 13.1. The molecule has 0 aromatic rings. The monoisotopic (exact) mass is 276 g/mol. The molecule has 0 amide bonds. The fourth-order valence-corrected chi connectivity index (χ4v) is 1.45. The van der Waals surface area contributed by atoms with E-state index < -0.39 is 9.17 Å². The first-order valence-electron chi connectivity index (χ1n) is 7.23. The third-order valence-electron chi connectivity index (χ3n) is 2.33. The Morgan fingerprint density at radius 1 is 0.833 bits per heavy atom. The van der Waals surface area contributed by atoms with Gasteiger partial charge in [-0.3, -0.25) is 4.46 Å². The molecule has 0 aliphatic heterocycles. The number of unbranched alkanes of at least 4 members (excludes halogenated alkanes) is 1. The Labute approximate surface area is 115 Å². The summed E-state index contributed by atoms with van der Waals surface area (Å²) in [5, 5.41) is 0. The summed E-state index contributed by atoms with van der Waals surface area (Å²) < 4.78 is 21.3. The van der Waals surface area contributed by atoms with E-state index >= 15 is 0 Å². The van der Waals surface area contributed by atoms with Crippen LogP contribution >= 0.6 is 0 Å². The molecule has 0 fully saturated rings. The number of rotatable bonds is 9. The summed E-state index contributed by atoms with van der Waals surface area (Å²) in [6.45, 7) is 13.9. The standard InChI is InChI=1S/C10H22O3Si.C4H10/c1-9(2)5-7-12-14(11)13-8-6-10(3)4;1-3-4-2/h9-10H,5-8H2,1-4H3;3-4H2,1-2H3. The smallest absolute Gasteiger partial charge is 0.496 e. The van der Waals surface area contributed by atoms with Gasteiger partial charge in [0.2, 0.25) is 0 Å². The Morgan fingerprint density at radius 3 is 1.39 bits per heavy atom. The number of hydrogen-bond acceptors (Lipinski definition) is 3. The molecular weight excluding hydrogens is 244 g/mol. The van der Waals surface area contributed by atoms with Crippen molar-refractivity contribution in [2.75, 3.05) is 13.2 Å². The lowest BCUT2D eigenvalue weighted by molar-refractivity contribution is 0.155. The highest BCUT2D eigenvalue weighted by Gasteiger charge is 2.10. The van der Waals surface area contributed by atoms with E-state index in [0.29, 0.717) is 25.0 Å². The Kier molecular flexibility index (Phi) is 16.3. The average molecular weight is 276 g/mol. The number of hydrogen-bond donors (Lipinski definition) is 0. The second kappa shape index (κ2) is 14.7. The first-order valence-corrected chi connectivity index (χ1v) is 8.45. The molecule has 0 aromatic carbocycles. The van der Waals surface area contributed by atoms with Crippen molar-refractivity contribution in [3.05, 3.63) is 0 Å². The topological polar surface area (TPSA) is 35.5 Å². The van der Waals surface area contributed by atoms with Crippen LogP contribution in [0.4, 0.5) is 0 Å². The molecule has 0 atom stereocenters. The van der Waals surface area contributed by atoms with Crippen molar-refractivity contribution in [3.8, 4) is 0 Å². The van der Waals surface area contributed by atoms with E-state index in [0.717, 1.165) is 12.8 Å². The van der Waals surface area contributed by atoms with E-state index in [-0.39, 0.29) is 0 Å². The van der Waals surface area contributed by atoms with Gasteiger partial charge >= 0.3 is 9.17 Å². The molecule has 3 nitrogen and oxygen atoms in total. The van der Waals surface area contributed by atoms with Gasteiger partial charge in [0, 0.05) is 0 Å². The summed E-state index contributed by atoms with van der Waals surface area (Å²) in [4.78, 5) is 0. The van der Waals surface area contributed by atoms with Gasteiger partial charge in [0.25, 0.3) is 0 Å². The molecule has 0 saturated carbocycles. The third kappa shape index (κ3) is 21.0. The molecule has 4 heteroatoms. The Morgan fingerprint density at radius 2 is 1.17 bits per heavy atom. The van der Waals surface area contributed by atoms with E-state index in [1.165, 1.54) is 12.8 Å². The van der Waals surface area contributed by atoms with Crippen LogP contribution in [0.1, 0.15) is 67.2 Å². The van der Waals surface area contributed by atoms with Crippen LogP contribution < -0.4 is 0 Å². The second-order valence-electron chi connectivity index (χ2n) is 5.31. The van der Waals surface area contributed by atoms with Crippen LogP contribution in [0, 0.1) is 11.8 Å². The lowest BCUT2D eigenvalue weighted by Gasteiger charge is -2.08. The van der Waals surface area contributed by atoms with E-state index in [1.54, 1.807) is 0 Å². The summed E-state index contributed by atoms with van der Waals surface area (Å²) in [6.07, 6.45) is 4.51. The normalized spacial score (nSPS) is 10.0. The van der Waals surface area contributed by atoms with Crippen molar-refractivity contribution in [2.24, 2.45) is 11.8 Å². The van der Waals surface area contributed by atoms with Gasteiger partial charge in [-0.05, 0) is 24.7 Å². The molecular formula is C14H32O3Si. The minimum Gasteiger partial charge on any atom is -0.496 e. The molecule has 0 aromatic heterocycles. The van der Waals surface area contributed by atoms with Crippen LogP contribution in [-0.4, -0.2) is 22.4 Å². The molecule has 110 valence electrons. The van der Waals surface area contributed by atoms with Gasteiger partial charge < -0.3 is 8.85 Å². The fraction of sp³-hybridized carbons (Fsp3) is 1.00. The molecule has 0 bridgehead atoms. The molecule has 18 heavy (non-hydrogen) atoms. The van der Waals surface area contributed by atoms with Gasteiger partial charge in [0.05, 0.1) is 13.2 Å². The SMILES string of the molecule is CC(C)CCO[Si](=O)OCCC(C)C.CCCC. The van der Waals surface area contributed by atoms with E-state index in [4.69, 9.17) is 8.85 Å². The summed E-state index contributed by atoms with van der Waals surface area (Å²) in [7, 11) is -2.23. The highest BCUT2D eigenvalue weighted by molar-refractivity contribution is 6.26. The molecule has 0 unspecified atom stereocenters. The molecule has 0 spiro atoms. The molecule has 0 radical (unpaired) electrons. The Balaban J connectivity index is 0. The summed E-state index contributed by atoms with van der Waals surface area (Å²) >= 11 is 0. The maximum atomic E-state index is 11.1. The van der Waals surface area contributed by atoms with Crippen LogP contribution in [0.3, 0.4) is 0 Å². The third-order valence-corrected chi connectivity index (χ3v) is 3.21. The lowest BCUT2D eigenvalue weighted by atomic mass is 10.2. The zero-order valence-corrected chi connectivity index (χ0v) is 14.1. The fourth-order valence-electron chi connectivity index (χ4n) is 0.798. The van der Waals surface area contributed by atoms with Crippen molar-refractivity contribution in [1.29, 1.82) is 0 Å². The zero-order chi connectivity index (χ0) is 14.4. The average Bonchev–Trinajstić information content (AvgIpc) is 2.28. The minimum absolute atomic E-state index is 0.539. The van der Waals surface area contributed by atoms with Crippen molar-refractivity contribution >= 4 is 9.17 Å². The largest absolute Gasteiger partial charge is 0.767 e. The highest BCUT2D eigenvalue weighted by atomic mass is 28.3. The summed E-state index contributed by atoms with van der Waals surface area (Å²) in [6, 6.07) is 0. The highest BCUT2D eigenvalue weighted by Crippen LogP contribution is 2.01. The molecule has 0 aliphatic rings. The van der Waals surface area contributed by atoms with Crippen molar-refractivity contribution in [1.82, 2.24) is 0 Å². The minimum atomic E-state index is -2.23. The maximum absolute atomic E-state index is 11.1. The molecule has 0 saturated heterocycles. The van der Waals surface area contributed by atoms with E-state index in [1.807, 2.05) is 0 Å². The summed E-state index contributed by atoms with van der Waals surface area (Å²) in [5.41, 5.74) is 0. The predicted molar refractivity (Wildman–Crippen MR) is 77.8 cm³/mol. The van der Waals surface area contributed by atoms with Crippen LogP contribution in [0.5, 0.6) is 0 Å².